The van der Waals surface area contributed by atoms with Crippen molar-refractivity contribution >= 4 is 40.8 Å². The lowest BCUT2D eigenvalue weighted by Crippen LogP contribution is -2.29. The zero-order valence-electron chi connectivity index (χ0n) is 8.23. The summed E-state index contributed by atoms with van der Waals surface area (Å²) in [7, 11) is 0. The van der Waals surface area contributed by atoms with Gasteiger partial charge in [0.15, 0.2) is 8.68 Å². The molecule has 1 rings (SSSR count). The van der Waals surface area contributed by atoms with Crippen LogP contribution >= 0.6 is 34.9 Å². The van der Waals surface area contributed by atoms with Crippen LogP contribution in [0, 0.1) is 0 Å². The number of carbonyl (C=O) groups excluding carboxylic acids is 1. The fourth-order valence-corrected chi connectivity index (χ4v) is 3.25. The maximum absolute atomic E-state index is 10.8. The van der Waals surface area contributed by atoms with Gasteiger partial charge in [-0.2, -0.15) is 0 Å². The van der Waals surface area contributed by atoms with E-state index in [1.54, 1.807) is 34.9 Å². The molecule has 0 aliphatic heterocycles. The Morgan fingerprint density at radius 2 is 2.27 bits per heavy atom. The van der Waals surface area contributed by atoms with E-state index in [9.17, 15) is 4.79 Å². The molecule has 1 heterocycles. The van der Waals surface area contributed by atoms with Crippen molar-refractivity contribution in [1.82, 2.24) is 15.6 Å². The topological polar surface area (TPSA) is 80.9 Å². The van der Waals surface area contributed by atoms with Gasteiger partial charge in [0.25, 0.3) is 0 Å². The van der Waals surface area contributed by atoms with Gasteiger partial charge in [-0.05, 0) is 12.7 Å². The van der Waals surface area contributed by atoms with Crippen LogP contribution in [0.4, 0.5) is 0 Å². The predicted octanol–water partition coefficient (Wildman–Crippen LogP) is 1.12. The second kappa shape index (κ2) is 7.04. The normalized spacial score (nSPS) is 10.3. The zero-order valence-corrected chi connectivity index (χ0v) is 10.7. The van der Waals surface area contributed by atoms with Crippen LogP contribution in [0.1, 0.15) is 12.8 Å². The Balaban J connectivity index is 2.17. The zero-order chi connectivity index (χ0) is 11.1. The van der Waals surface area contributed by atoms with E-state index in [1.807, 2.05) is 6.26 Å². The highest BCUT2D eigenvalue weighted by atomic mass is 32.2. The molecular formula is C7H12N4OS3. The van der Waals surface area contributed by atoms with E-state index in [4.69, 9.17) is 5.84 Å². The summed E-state index contributed by atoms with van der Waals surface area (Å²) in [5.41, 5.74) is 2.10. The quantitative estimate of drug-likeness (QED) is 0.263. The number of thioether (sulfide) groups is 2. The van der Waals surface area contributed by atoms with Gasteiger partial charge in [0.05, 0.1) is 0 Å². The summed E-state index contributed by atoms with van der Waals surface area (Å²) in [6, 6.07) is 0. The number of hydrazine groups is 1. The molecule has 0 fully saturated rings. The predicted molar refractivity (Wildman–Crippen MR) is 64.0 cm³/mol. The molecule has 0 atom stereocenters. The number of hydrogen-bond donors (Lipinski definition) is 2. The standard InChI is InChI=1S/C7H12N4OS3/c1-13-6-10-11-7(15-6)14-4-2-3-5(12)9-8/h2-4,8H2,1H3,(H,9,12). The Bertz CT molecular complexity index is 317. The van der Waals surface area contributed by atoms with Crippen molar-refractivity contribution in [3.63, 3.8) is 0 Å². The minimum absolute atomic E-state index is 0.127. The van der Waals surface area contributed by atoms with Gasteiger partial charge in [-0.1, -0.05) is 34.9 Å². The Morgan fingerprint density at radius 1 is 1.53 bits per heavy atom. The third kappa shape index (κ3) is 4.83. The Kier molecular flexibility index (Phi) is 5.99. The van der Waals surface area contributed by atoms with Gasteiger partial charge in [-0.3, -0.25) is 10.2 Å². The third-order valence-corrected chi connectivity index (χ3v) is 4.62. The lowest BCUT2D eigenvalue weighted by atomic mass is 10.3. The first-order chi connectivity index (χ1) is 7.26. The van der Waals surface area contributed by atoms with Gasteiger partial charge >= 0.3 is 0 Å². The summed E-state index contributed by atoms with van der Waals surface area (Å²) >= 11 is 4.78. The molecule has 0 spiro atoms. The molecule has 0 bridgehead atoms. The van der Waals surface area contributed by atoms with Gasteiger partial charge in [-0.15, -0.1) is 10.2 Å². The molecule has 0 aliphatic carbocycles. The van der Waals surface area contributed by atoms with Crippen LogP contribution in [0.15, 0.2) is 8.68 Å². The Morgan fingerprint density at radius 3 is 2.87 bits per heavy atom. The van der Waals surface area contributed by atoms with Crippen LogP contribution < -0.4 is 11.3 Å². The van der Waals surface area contributed by atoms with Crippen LogP contribution in [0.25, 0.3) is 0 Å². The first-order valence-electron chi connectivity index (χ1n) is 4.26. The summed E-state index contributed by atoms with van der Waals surface area (Å²) in [4.78, 5) is 10.8. The first kappa shape index (κ1) is 12.8. The summed E-state index contributed by atoms with van der Waals surface area (Å²) in [6.45, 7) is 0. The molecule has 1 aromatic rings. The fraction of sp³-hybridized carbons (Fsp3) is 0.571. The van der Waals surface area contributed by atoms with Crippen molar-refractivity contribution in [2.75, 3.05) is 12.0 Å². The molecule has 0 aromatic carbocycles. The number of aromatic nitrogens is 2. The molecular weight excluding hydrogens is 252 g/mol. The molecule has 1 amide bonds. The molecule has 0 unspecified atom stereocenters. The van der Waals surface area contributed by atoms with Crippen molar-refractivity contribution in [3.05, 3.63) is 0 Å². The molecule has 0 saturated carbocycles. The maximum atomic E-state index is 10.8. The SMILES string of the molecule is CSc1nnc(SCCCC(=O)NN)s1. The molecule has 3 N–H and O–H groups in total. The summed E-state index contributed by atoms with van der Waals surface area (Å²) in [5, 5.41) is 7.99. The van der Waals surface area contributed by atoms with Gasteiger partial charge in [0, 0.05) is 12.2 Å². The van der Waals surface area contributed by atoms with Crippen molar-refractivity contribution in [2.24, 2.45) is 5.84 Å². The number of rotatable bonds is 6. The van der Waals surface area contributed by atoms with Gasteiger partial charge < -0.3 is 0 Å². The number of carbonyl (C=O) groups is 1. The average molecular weight is 264 g/mol. The van der Waals surface area contributed by atoms with E-state index in [2.05, 4.69) is 15.6 Å². The molecule has 0 saturated heterocycles. The molecule has 0 radical (unpaired) electrons. The minimum Gasteiger partial charge on any atom is -0.294 e. The largest absolute Gasteiger partial charge is 0.294 e. The average Bonchev–Trinajstić information content (AvgIpc) is 2.72. The number of nitrogens with one attached hydrogen (secondary N) is 1. The second-order valence-corrected chi connectivity index (χ2v) is 5.93. The molecule has 15 heavy (non-hydrogen) atoms. The van der Waals surface area contributed by atoms with E-state index in [0.717, 1.165) is 20.9 Å². The van der Waals surface area contributed by atoms with E-state index in [1.165, 1.54) is 0 Å². The van der Waals surface area contributed by atoms with Crippen LogP contribution in [-0.4, -0.2) is 28.1 Å². The third-order valence-electron chi connectivity index (χ3n) is 1.50. The van der Waals surface area contributed by atoms with Crippen LogP contribution in [-0.2, 0) is 4.79 Å². The van der Waals surface area contributed by atoms with E-state index < -0.39 is 0 Å². The van der Waals surface area contributed by atoms with Crippen molar-refractivity contribution in [3.8, 4) is 0 Å². The lowest BCUT2D eigenvalue weighted by Gasteiger charge is -1.97. The second-order valence-electron chi connectivity index (χ2n) is 2.56. The first-order valence-corrected chi connectivity index (χ1v) is 7.28. The molecule has 1 aromatic heterocycles. The number of nitrogens with zero attached hydrogens (tertiary/aromatic N) is 2. The lowest BCUT2D eigenvalue weighted by molar-refractivity contribution is -0.121. The summed E-state index contributed by atoms with van der Waals surface area (Å²) in [5.74, 6) is 5.69. The van der Waals surface area contributed by atoms with E-state index in [0.29, 0.717) is 6.42 Å². The Hall–Kier alpha value is -0.310. The number of amides is 1. The highest BCUT2D eigenvalue weighted by Gasteiger charge is 2.04. The fourth-order valence-electron chi connectivity index (χ4n) is 0.802. The van der Waals surface area contributed by atoms with Crippen molar-refractivity contribution in [2.45, 2.75) is 21.5 Å². The number of hydrogen-bond acceptors (Lipinski definition) is 7. The van der Waals surface area contributed by atoms with Crippen LogP contribution in [0.5, 0.6) is 0 Å². The summed E-state index contributed by atoms with van der Waals surface area (Å²) < 4.78 is 1.92. The van der Waals surface area contributed by atoms with Gasteiger partial charge in [0.1, 0.15) is 0 Å². The van der Waals surface area contributed by atoms with Crippen LogP contribution in [0.2, 0.25) is 0 Å². The van der Waals surface area contributed by atoms with E-state index >= 15 is 0 Å². The Labute approximate surface area is 101 Å². The maximum Gasteiger partial charge on any atom is 0.233 e. The van der Waals surface area contributed by atoms with Crippen molar-refractivity contribution in [1.29, 1.82) is 0 Å². The van der Waals surface area contributed by atoms with Crippen molar-refractivity contribution < 1.29 is 4.79 Å². The molecule has 5 nitrogen and oxygen atoms in total. The minimum atomic E-state index is -0.127. The highest BCUT2D eigenvalue weighted by Crippen LogP contribution is 2.27. The van der Waals surface area contributed by atoms with E-state index in [-0.39, 0.29) is 5.91 Å². The molecule has 0 aliphatic rings. The molecule has 8 heteroatoms. The van der Waals surface area contributed by atoms with Gasteiger partial charge in [0.2, 0.25) is 5.91 Å². The van der Waals surface area contributed by atoms with Gasteiger partial charge in [-0.25, -0.2) is 5.84 Å². The van der Waals surface area contributed by atoms with Crippen LogP contribution in [0.3, 0.4) is 0 Å². The smallest absolute Gasteiger partial charge is 0.233 e. The highest BCUT2D eigenvalue weighted by molar-refractivity contribution is 8.02. The number of nitrogens with two attached hydrogens (primary N) is 1. The summed E-state index contributed by atoms with van der Waals surface area (Å²) in [6.07, 6.45) is 3.22. The monoisotopic (exact) mass is 264 g/mol. The molecule has 84 valence electrons.